The molecule has 6 heteroatoms. The van der Waals surface area contributed by atoms with E-state index in [1.165, 1.54) is 16.7 Å². The van der Waals surface area contributed by atoms with Gasteiger partial charge < -0.3 is 4.42 Å². The molecular weight excluding hydrogens is 386 g/mol. The molecule has 0 unspecified atom stereocenters. The third-order valence-electron chi connectivity index (χ3n) is 3.84. The number of benzene rings is 2. The van der Waals surface area contributed by atoms with Gasteiger partial charge in [-0.15, -0.1) is 0 Å². The Morgan fingerprint density at radius 2 is 1.73 bits per heavy atom. The first-order valence-corrected chi connectivity index (χ1v) is 9.41. The maximum Gasteiger partial charge on any atom is 0.270 e. The summed E-state index contributed by atoms with van der Waals surface area (Å²) >= 11 is 12.6. The molecule has 0 N–H and O–H groups in total. The van der Waals surface area contributed by atoms with Crippen LogP contribution in [-0.2, 0) is 4.79 Å². The summed E-state index contributed by atoms with van der Waals surface area (Å²) in [7, 11) is 0. The Hall–Kier alpha value is -2.34. The second-order valence-electron chi connectivity index (χ2n) is 5.56. The number of halogens is 1. The SMILES string of the molecule is O=C1/C(=C\c2ccc(-c3ccc(Cl)cc3)o2)SC(=S)N1c1ccccc1. The van der Waals surface area contributed by atoms with Gasteiger partial charge in [0.05, 0.1) is 10.6 Å². The molecule has 3 aromatic rings. The number of hydrogen-bond donors (Lipinski definition) is 0. The highest BCUT2D eigenvalue weighted by Crippen LogP contribution is 2.36. The molecule has 0 saturated carbocycles. The van der Waals surface area contributed by atoms with E-state index in [-0.39, 0.29) is 5.91 Å². The van der Waals surface area contributed by atoms with Gasteiger partial charge in [0.2, 0.25) is 0 Å². The van der Waals surface area contributed by atoms with E-state index in [4.69, 9.17) is 28.2 Å². The van der Waals surface area contributed by atoms with Gasteiger partial charge in [-0.3, -0.25) is 9.69 Å². The summed E-state index contributed by atoms with van der Waals surface area (Å²) in [6, 6.07) is 20.5. The van der Waals surface area contributed by atoms with Crippen LogP contribution in [0.5, 0.6) is 0 Å². The monoisotopic (exact) mass is 397 g/mol. The standard InChI is InChI=1S/C20H12ClNO2S2/c21-14-8-6-13(7-9-14)17-11-10-16(24-17)12-18-19(23)22(20(25)26-18)15-4-2-1-3-5-15/h1-12H/b18-12+. The Morgan fingerprint density at radius 1 is 1.00 bits per heavy atom. The topological polar surface area (TPSA) is 33.5 Å². The average molecular weight is 398 g/mol. The normalized spacial score (nSPS) is 15.9. The van der Waals surface area contributed by atoms with Gasteiger partial charge in [0.1, 0.15) is 11.5 Å². The largest absolute Gasteiger partial charge is 0.457 e. The van der Waals surface area contributed by atoms with Gasteiger partial charge >= 0.3 is 0 Å². The van der Waals surface area contributed by atoms with Crippen molar-refractivity contribution in [2.75, 3.05) is 4.90 Å². The fourth-order valence-electron chi connectivity index (χ4n) is 2.60. The van der Waals surface area contributed by atoms with E-state index < -0.39 is 0 Å². The van der Waals surface area contributed by atoms with Crippen molar-refractivity contribution >= 4 is 57.6 Å². The van der Waals surface area contributed by atoms with Crippen molar-refractivity contribution in [1.82, 2.24) is 0 Å². The molecule has 1 fully saturated rings. The molecule has 0 bridgehead atoms. The number of rotatable bonds is 3. The summed E-state index contributed by atoms with van der Waals surface area (Å²) in [5.41, 5.74) is 1.69. The number of hydrogen-bond acceptors (Lipinski definition) is 4. The quantitative estimate of drug-likeness (QED) is 0.400. The summed E-state index contributed by atoms with van der Waals surface area (Å²) in [5.74, 6) is 1.17. The highest BCUT2D eigenvalue weighted by Gasteiger charge is 2.33. The average Bonchev–Trinajstić information content (AvgIpc) is 3.21. The molecular formula is C20H12ClNO2S2. The van der Waals surface area contributed by atoms with Crippen molar-refractivity contribution in [3.8, 4) is 11.3 Å². The lowest BCUT2D eigenvalue weighted by molar-refractivity contribution is -0.113. The summed E-state index contributed by atoms with van der Waals surface area (Å²) in [5, 5.41) is 0.671. The third-order valence-corrected chi connectivity index (χ3v) is 5.39. The van der Waals surface area contributed by atoms with Gasteiger partial charge in [0, 0.05) is 16.7 Å². The molecule has 1 aromatic heterocycles. The van der Waals surface area contributed by atoms with Gasteiger partial charge in [-0.2, -0.15) is 0 Å². The molecule has 0 spiro atoms. The predicted molar refractivity (Wildman–Crippen MR) is 111 cm³/mol. The lowest BCUT2D eigenvalue weighted by Gasteiger charge is -2.13. The Balaban J connectivity index is 1.60. The summed E-state index contributed by atoms with van der Waals surface area (Å²) in [6.45, 7) is 0. The zero-order valence-electron chi connectivity index (χ0n) is 13.4. The number of para-hydroxylation sites is 1. The number of carbonyl (C=O) groups excluding carboxylic acids is 1. The van der Waals surface area contributed by atoms with Crippen LogP contribution < -0.4 is 4.90 Å². The maximum atomic E-state index is 12.7. The number of furan rings is 1. The van der Waals surface area contributed by atoms with Crippen molar-refractivity contribution in [3.63, 3.8) is 0 Å². The molecule has 3 nitrogen and oxygen atoms in total. The van der Waals surface area contributed by atoms with Gasteiger partial charge in [-0.1, -0.05) is 53.8 Å². The van der Waals surface area contributed by atoms with Crippen LogP contribution in [0.4, 0.5) is 5.69 Å². The van der Waals surface area contributed by atoms with Crippen LogP contribution >= 0.6 is 35.6 Å². The number of carbonyl (C=O) groups is 1. The van der Waals surface area contributed by atoms with Crippen molar-refractivity contribution in [2.24, 2.45) is 0 Å². The van der Waals surface area contributed by atoms with E-state index in [1.807, 2.05) is 66.7 Å². The van der Waals surface area contributed by atoms with Crippen molar-refractivity contribution in [2.45, 2.75) is 0 Å². The molecule has 2 aromatic carbocycles. The smallest absolute Gasteiger partial charge is 0.270 e. The van der Waals surface area contributed by atoms with Crippen LogP contribution in [0.25, 0.3) is 17.4 Å². The van der Waals surface area contributed by atoms with Gasteiger partial charge in [-0.05, 0) is 48.5 Å². The third kappa shape index (κ3) is 3.33. The number of amides is 1. The number of thiocarbonyl (C=S) groups is 1. The molecule has 0 aliphatic carbocycles. The molecule has 0 atom stereocenters. The number of nitrogens with zero attached hydrogens (tertiary/aromatic N) is 1. The van der Waals surface area contributed by atoms with Crippen LogP contribution in [0.2, 0.25) is 5.02 Å². The van der Waals surface area contributed by atoms with Gasteiger partial charge in [-0.25, -0.2) is 0 Å². The highest BCUT2D eigenvalue weighted by atomic mass is 35.5. The molecule has 2 heterocycles. The highest BCUT2D eigenvalue weighted by molar-refractivity contribution is 8.27. The fraction of sp³-hybridized carbons (Fsp3) is 0. The second kappa shape index (κ2) is 7.11. The van der Waals surface area contributed by atoms with E-state index in [2.05, 4.69) is 0 Å². The minimum atomic E-state index is -0.143. The lowest BCUT2D eigenvalue weighted by Crippen LogP contribution is -2.27. The van der Waals surface area contributed by atoms with Crippen LogP contribution in [0, 0.1) is 0 Å². The molecule has 1 saturated heterocycles. The van der Waals surface area contributed by atoms with E-state index in [0.29, 0.717) is 25.8 Å². The van der Waals surface area contributed by atoms with E-state index in [1.54, 1.807) is 6.08 Å². The second-order valence-corrected chi connectivity index (χ2v) is 7.67. The lowest BCUT2D eigenvalue weighted by atomic mass is 10.2. The first-order chi connectivity index (χ1) is 12.6. The fourth-order valence-corrected chi connectivity index (χ4v) is 4.00. The van der Waals surface area contributed by atoms with Gasteiger partial charge in [0.25, 0.3) is 5.91 Å². The maximum absolute atomic E-state index is 12.7. The summed E-state index contributed by atoms with van der Waals surface area (Å²) in [4.78, 5) is 14.8. The summed E-state index contributed by atoms with van der Waals surface area (Å²) < 4.78 is 6.36. The van der Waals surface area contributed by atoms with E-state index in [0.717, 1.165) is 11.3 Å². The Kier molecular flexibility index (Phi) is 4.68. The zero-order valence-corrected chi connectivity index (χ0v) is 15.8. The van der Waals surface area contributed by atoms with E-state index in [9.17, 15) is 4.79 Å². The van der Waals surface area contributed by atoms with Crippen molar-refractivity contribution < 1.29 is 9.21 Å². The number of anilines is 1. The van der Waals surface area contributed by atoms with Crippen molar-refractivity contribution in [1.29, 1.82) is 0 Å². The Labute approximate surface area is 165 Å². The molecule has 1 aliphatic heterocycles. The molecule has 1 amide bonds. The van der Waals surface area contributed by atoms with E-state index >= 15 is 0 Å². The van der Waals surface area contributed by atoms with Gasteiger partial charge in [0.15, 0.2) is 4.32 Å². The molecule has 26 heavy (non-hydrogen) atoms. The molecule has 1 aliphatic rings. The zero-order chi connectivity index (χ0) is 18.1. The van der Waals surface area contributed by atoms with Crippen LogP contribution in [0.1, 0.15) is 5.76 Å². The minimum absolute atomic E-state index is 0.143. The summed E-state index contributed by atoms with van der Waals surface area (Å²) in [6.07, 6.45) is 1.72. The molecule has 4 rings (SSSR count). The molecule has 128 valence electrons. The van der Waals surface area contributed by atoms with Crippen LogP contribution in [-0.4, -0.2) is 10.2 Å². The van der Waals surface area contributed by atoms with Crippen LogP contribution in [0.15, 0.2) is 76.1 Å². The Bertz CT molecular complexity index is 1010. The first-order valence-electron chi connectivity index (χ1n) is 7.80. The predicted octanol–water partition coefficient (Wildman–Crippen LogP) is 6.01. The van der Waals surface area contributed by atoms with Crippen LogP contribution in [0.3, 0.4) is 0 Å². The number of thioether (sulfide) groups is 1. The Morgan fingerprint density at radius 3 is 2.46 bits per heavy atom. The minimum Gasteiger partial charge on any atom is -0.457 e. The van der Waals surface area contributed by atoms with Crippen molar-refractivity contribution in [3.05, 3.63) is 82.4 Å². The first kappa shape index (κ1) is 17.1. The molecule has 0 radical (unpaired) electrons.